The molecule has 0 aliphatic carbocycles. The van der Waals surface area contributed by atoms with Gasteiger partial charge in [-0.05, 0) is 28.7 Å². The second-order valence-electron chi connectivity index (χ2n) is 7.42. The number of aldehydes is 1. The summed E-state index contributed by atoms with van der Waals surface area (Å²) < 4.78 is 0. The highest BCUT2D eigenvalue weighted by atomic mass is 16.1. The minimum atomic E-state index is -0.649. The van der Waals surface area contributed by atoms with Crippen molar-refractivity contribution in [3.05, 3.63) is 144 Å². The average molecular weight is 392 g/mol. The summed E-state index contributed by atoms with van der Waals surface area (Å²) in [5.74, 6) is 0. The number of nitrogens with one attached hydrogen (secondary N) is 1. The first-order valence-electron chi connectivity index (χ1n) is 10.3. The molecule has 1 atom stereocenters. The molecule has 2 heteroatoms. The summed E-state index contributed by atoms with van der Waals surface area (Å²) in [6, 6.07) is 40.9. The van der Waals surface area contributed by atoms with Gasteiger partial charge in [-0.25, -0.2) is 0 Å². The van der Waals surface area contributed by atoms with Crippen LogP contribution in [-0.4, -0.2) is 12.3 Å². The third-order valence-electron chi connectivity index (χ3n) is 5.49. The van der Waals surface area contributed by atoms with Gasteiger partial charge in [0.05, 0.1) is 11.6 Å². The van der Waals surface area contributed by atoms with Gasteiger partial charge in [0.1, 0.15) is 6.29 Å². The molecule has 0 aliphatic rings. The van der Waals surface area contributed by atoms with Crippen LogP contribution in [0.2, 0.25) is 0 Å². The second kappa shape index (κ2) is 9.34. The molecule has 0 heterocycles. The first kappa shape index (κ1) is 19.8. The van der Waals surface area contributed by atoms with E-state index < -0.39 is 5.54 Å². The third-order valence-corrected chi connectivity index (χ3v) is 5.49. The minimum Gasteiger partial charge on any atom is -0.302 e. The molecule has 1 unspecified atom stereocenters. The monoisotopic (exact) mass is 391 g/mol. The molecular weight excluding hydrogens is 366 g/mol. The Hall–Kier alpha value is -3.49. The first-order valence-corrected chi connectivity index (χ1v) is 10.3. The standard InChI is InChI=1S/C28H25NO/c30-22-27(21-23-13-5-1-6-14-23)29-28(24-15-7-2-8-16-24,25-17-9-3-10-18-25)26-19-11-4-12-20-26/h1-20,22,27,29H,21H2. The van der Waals surface area contributed by atoms with Gasteiger partial charge in [0, 0.05) is 0 Å². The van der Waals surface area contributed by atoms with Crippen LogP contribution in [0.5, 0.6) is 0 Å². The summed E-state index contributed by atoms with van der Waals surface area (Å²) in [6.07, 6.45) is 1.65. The Kier molecular flexibility index (Phi) is 6.17. The Bertz CT molecular complexity index is 950. The minimum absolute atomic E-state index is 0.354. The molecule has 0 radical (unpaired) electrons. The number of hydrogen-bond acceptors (Lipinski definition) is 2. The first-order chi connectivity index (χ1) is 14.8. The zero-order valence-electron chi connectivity index (χ0n) is 16.8. The summed E-state index contributed by atoms with van der Waals surface area (Å²) in [5.41, 5.74) is 3.78. The lowest BCUT2D eigenvalue weighted by Crippen LogP contribution is -2.51. The molecular formula is C28H25NO. The van der Waals surface area contributed by atoms with Crippen molar-refractivity contribution in [3.8, 4) is 0 Å². The number of hydrogen-bond donors (Lipinski definition) is 1. The molecule has 148 valence electrons. The zero-order chi connectivity index (χ0) is 20.7. The van der Waals surface area contributed by atoms with E-state index in [0.29, 0.717) is 6.42 Å². The molecule has 2 nitrogen and oxygen atoms in total. The fourth-order valence-corrected chi connectivity index (χ4v) is 4.09. The van der Waals surface area contributed by atoms with Crippen molar-refractivity contribution in [2.45, 2.75) is 18.0 Å². The number of rotatable bonds is 8. The number of carbonyl (C=O) groups excluding carboxylic acids is 1. The maximum atomic E-state index is 12.2. The van der Waals surface area contributed by atoms with E-state index in [9.17, 15) is 4.79 Å². The topological polar surface area (TPSA) is 29.1 Å². The van der Waals surface area contributed by atoms with E-state index in [1.165, 1.54) is 0 Å². The van der Waals surface area contributed by atoms with Crippen molar-refractivity contribution in [1.82, 2.24) is 5.32 Å². The smallest absolute Gasteiger partial charge is 0.137 e. The Morgan fingerprint density at radius 1 is 0.600 bits per heavy atom. The van der Waals surface area contributed by atoms with Crippen LogP contribution in [0, 0.1) is 0 Å². The molecule has 0 aromatic heterocycles. The van der Waals surface area contributed by atoms with Gasteiger partial charge >= 0.3 is 0 Å². The predicted octanol–water partition coefficient (Wildman–Crippen LogP) is 5.38. The van der Waals surface area contributed by atoms with Crippen LogP contribution >= 0.6 is 0 Å². The van der Waals surface area contributed by atoms with Crippen LogP contribution < -0.4 is 5.32 Å². The van der Waals surface area contributed by atoms with E-state index in [1.807, 2.05) is 72.8 Å². The SMILES string of the molecule is O=CC(Cc1ccccc1)NC(c1ccccc1)(c1ccccc1)c1ccccc1. The Morgan fingerprint density at radius 3 is 1.33 bits per heavy atom. The van der Waals surface area contributed by atoms with Gasteiger partial charge in [-0.1, -0.05) is 121 Å². The average Bonchev–Trinajstić information content (AvgIpc) is 2.84. The molecule has 1 N–H and O–H groups in total. The van der Waals surface area contributed by atoms with Crippen LogP contribution in [0.25, 0.3) is 0 Å². The van der Waals surface area contributed by atoms with Gasteiger partial charge in [0.25, 0.3) is 0 Å². The molecule has 4 aromatic rings. The Balaban J connectivity index is 1.87. The highest BCUT2D eigenvalue weighted by Gasteiger charge is 2.37. The fourth-order valence-electron chi connectivity index (χ4n) is 4.09. The molecule has 0 bridgehead atoms. The van der Waals surface area contributed by atoms with E-state index in [4.69, 9.17) is 0 Å². The van der Waals surface area contributed by atoms with Gasteiger partial charge < -0.3 is 4.79 Å². The van der Waals surface area contributed by atoms with Crippen molar-refractivity contribution < 1.29 is 4.79 Å². The van der Waals surface area contributed by atoms with Crippen molar-refractivity contribution in [2.75, 3.05) is 0 Å². The molecule has 0 aliphatic heterocycles. The van der Waals surface area contributed by atoms with Crippen molar-refractivity contribution >= 4 is 6.29 Å². The summed E-state index contributed by atoms with van der Waals surface area (Å²) in [7, 11) is 0. The highest BCUT2D eigenvalue weighted by molar-refractivity contribution is 5.61. The lowest BCUT2D eigenvalue weighted by atomic mass is 9.76. The van der Waals surface area contributed by atoms with Crippen LogP contribution in [0.3, 0.4) is 0 Å². The quantitative estimate of drug-likeness (QED) is 0.323. The van der Waals surface area contributed by atoms with Crippen LogP contribution in [-0.2, 0) is 16.8 Å². The van der Waals surface area contributed by atoms with Gasteiger partial charge in [-0.3, -0.25) is 5.32 Å². The highest BCUT2D eigenvalue weighted by Crippen LogP contribution is 2.37. The van der Waals surface area contributed by atoms with Gasteiger partial charge in [0.2, 0.25) is 0 Å². The van der Waals surface area contributed by atoms with E-state index in [2.05, 4.69) is 53.8 Å². The van der Waals surface area contributed by atoms with Gasteiger partial charge in [-0.15, -0.1) is 0 Å². The van der Waals surface area contributed by atoms with E-state index in [-0.39, 0.29) is 6.04 Å². The van der Waals surface area contributed by atoms with E-state index >= 15 is 0 Å². The van der Waals surface area contributed by atoms with Crippen LogP contribution in [0.1, 0.15) is 22.3 Å². The largest absolute Gasteiger partial charge is 0.302 e. The lowest BCUT2D eigenvalue weighted by Gasteiger charge is -2.39. The van der Waals surface area contributed by atoms with Crippen molar-refractivity contribution in [3.63, 3.8) is 0 Å². The summed E-state index contributed by atoms with van der Waals surface area (Å²) in [5, 5.41) is 3.75. The molecule has 0 spiro atoms. The maximum absolute atomic E-state index is 12.2. The fraction of sp³-hybridized carbons (Fsp3) is 0.107. The summed E-state index contributed by atoms with van der Waals surface area (Å²) in [6.45, 7) is 0. The molecule has 30 heavy (non-hydrogen) atoms. The molecule has 0 amide bonds. The predicted molar refractivity (Wildman–Crippen MR) is 122 cm³/mol. The van der Waals surface area contributed by atoms with Crippen LogP contribution in [0.15, 0.2) is 121 Å². The third kappa shape index (κ3) is 4.10. The van der Waals surface area contributed by atoms with Gasteiger partial charge in [-0.2, -0.15) is 0 Å². The van der Waals surface area contributed by atoms with E-state index in [1.54, 1.807) is 0 Å². The molecule has 4 aromatic carbocycles. The second-order valence-corrected chi connectivity index (χ2v) is 7.42. The summed E-state index contributed by atoms with van der Waals surface area (Å²) >= 11 is 0. The maximum Gasteiger partial charge on any atom is 0.137 e. The molecule has 0 saturated carbocycles. The number of benzene rings is 4. The molecule has 0 fully saturated rings. The van der Waals surface area contributed by atoms with Crippen molar-refractivity contribution in [1.29, 1.82) is 0 Å². The zero-order valence-corrected chi connectivity index (χ0v) is 16.8. The Labute approximate surface area is 178 Å². The molecule has 0 saturated heterocycles. The number of carbonyl (C=O) groups is 1. The lowest BCUT2D eigenvalue weighted by molar-refractivity contribution is -0.109. The normalized spacial score (nSPS) is 12.3. The van der Waals surface area contributed by atoms with E-state index in [0.717, 1.165) is 28.5 Å². The Morgan fingerprint density at radius 2 is 0.967 bits per heavy atom. The molecule has 4 rings (SSSR count). The summed E-state index contributed by atoms with van der Waals surface area (Å²) in [4.78, 5) is 12.2. The van der Waals surface area contributed by atoms with Crippen molar-refractivity contribution in [2.24, 2.45) is 0 Å². The van der Waals surface area contributed by atoms with Gasteiger partial charge in [0.15, 0.2) is 0 Å². The van der Waals surface area contributed by atoms with Crippen LogP contribution in [0.4, 0.5) is 0 Å².